The smallest absolute Gasteiger partial charge is 0.261 e. The highest BCUT2D eigenvalue weighted by Crippen LogP contribution is 2.41. The second kappa shape index (κ2) is 13.2. The van der Waals surface area contributed by atoms with Crippen molar-refractivity contribution in [3.63, 3.8) is 0 Å². The number of halogens is 2. The number of carbonyl (C=O) groups excluding carboxylic acids is 1. The minimum Gasteiger partial charge on any atom is -0.271 e. The third kappa shape index (κ3) is 6.82. The molecule has 0 aliphatic rings. The van der Waals surface area contributed by atoms with Crippen LogP contribution >= 0.6 is 15.9 Å². The molecule has 39 heavy (non-hydrogen) atoms. The number of alkyl halides is 1. The number of benzene rings is 4. The highest BCUT2D eigenvalue weighted by molar-refractivity contribution is 9.09. The van der Waals surface area contributed by atoms with Crippen LogP contribution in [0.4, 0.5) is 4.39 Å². The summed E-state index contributed by atoms with van der Waals surface area (Å²) in [5.74, 6) is -2.08. The summed E-state index contributed by atoms with van der Waals surface area (Å²) in [7, 11) is -4.05. The van der Waals surface area contributed by atoms with Crippen molar-refractivity contribution in [1.82, 2.24) is 5.06 Å². The van der Waals surface area contributed by atoms with Crippen LogP contribution in [0.2, 0.25) is 0 Å². The van der Waals surface area contributed by atoms with Crippen molar-refractivity contribution in [2.45, 2.75) is 23.3 Å². The number of carbonyl (C=O) groups is 1. The number of amides is 1. The fourth-order valence-electron chi connectivity index (χ4n) is 4.37. The van der Waals surface area contributed by atoms with Crippen LogP contribution in [0.5, 0.6) is 0 Å². The number of hydrogen-bond donors (Lipinski definition) is 0. The maximum absolute atomic E-state index is 13.7. The standard InChI is InChI=1S/C31H29BrFNO4S/c32-22-10-11-23-34(30(35)24-39(36,37)29-20-18-28(33)19-21-29)38-31(25-12-4-1-5-13-25,26-14-6-2-7-15-26)27-16-8-3-9-17-27/h1-9,12-21H,10-11,22-24H2. The van der Waals surface area contributed by atoms with Gasteiger partial charge in [0.05, 0.1) is 4.90 Å². The molecule has 4 rings (SSSR count). The predicted octanol–water partition coefficient (Wildman–Crippen LogP) is 6.53. The van der Waals surface area contributed by atoms with Gasteiger partial charge in [0.25, 0.3) is 5.91 Å². The van der Waals surface area contributed by atoms with Gasteiger partial charge in [-0.15, -0.1) is 0 Å². The van der Waals surface area contributed by atoms with Crippen LogP contribution < -0.4 is 0 Å². The Morgan fingerprint density at radius 1 is 0.744 bits per heavy atom. The van der Waals surface area contributed by atoms with Crippen molar-refractivity contribution in [1.29, 1.82) is 0 Å². The summed E-state index contributed by atoms with van der Waals surface area (Å²) in [4.78, 5) is 20.3. The monoisotopic (exact) mass is 609 g/mol. The van der Waals surface area contributed by atoms with Gasteiger partial charge in [-0.2, -0.15) is 0 Å². The van der Waals surface area contributed by atoms with E-state index in [1.165, 1.54) is 5.06 Å². The van der Waals surface area contributed by atoms with Gasteiger partial charge in [0, 0.05) is 11.9 Å². The van der Waals surface area contributed by atoms with Gasteiger partial charge in [-0.3, -0.25) is 4.79 Å². The zero-order valence-corrected chi connectivity index (χ0v) is 23.7. The van der Waals surface area contributed by atoms with E-state index in [-0.39, 0.29) is 11.4 Å². The summed E-state index contributed by atoms with van der Waals surface area (Å²) in [6, 6.07) is 33.1. The lowest BCUT2D eigenvalue weighted by atomic mass is 9.80. The molecule has 0 spiro atoms. The molecule has 0 N–H and O–H groups in total. The molecule has 0 heterocycles. The highest BCUT2D eigenvalue weighted by atomic mass is 79.9. The largest absolute Gasteiger partial charge is 0.271 e. The topological polar surface area (TPSA) is 63.7 Å². The zero-order valence-electron chi connectivity index (χ0n) is 21.2. The molecular formula is C31H29BrFNO4S. The first kappa shape index (κ1) is 28.7. The van der Waals surface area contributed by atoms with Crippen molar-refractivity contribution >= 4 is 31.7 Å². The van der Waals surface area contributed by atoms with E-state index < -0.39 is 32.9 Å². The molecule has 0 aromatic heterocycles. The molecule has 5 nitrogen and oxygen atoms in total. The second-order valence-electron chi connectivity index (χ2n) is 8.98. The molecule has 1 amide bonds. The van der Waals surface area contributed by atoms with Gasteiger partial charge in [-0.1, -0.05) is 107 Å². The molecule has 0 atom stereocenters. The Morgan fingerprint density at radius 3 is 1.64 bits per heavy atom. The van der Waals surface area contributed by atoms with E-state index in [9.17, 15) is 17.6 Å². The van der Waals surface area contributed by atoms with Crippen LogP contribution in [0.15, 0.2) is 120 Å². The van der Waals surface area contributed by atoms with E-state index in [0.29, 0.717) is 6.42 Å². The van der Waals surface area contributed by atoms with Crippen LogP contribution in [0, 0.1) is 5.82 Å². The summed E-state index contributed by atoms with van der Waals surface area (Å²) >= 11 is 3.42. The molecule has 0 saturated carbocycles. The molecule has 0 radical (unpaired) electrons. The normalized spacial score (nSPS) is 11.7. The van der Waals surface area contributed by atoms with Gasteiger partial charge in [0.2, 0.25) is 0 Å². The van der Waals surface area contributed by atoms with Crippen LogP contribution in [0.25, 0.3) is 0 Å². The van der Waals surface area contributed by atoms with Crippen LogP contribution in [0.3, 0.4) is 0 Å². The first-order chi connectivity index (χ1) is 18.9. The fourth-order valence-corrected chi connectivity index (χ4v) is 5.96. The summed E-state index contributed by atoms with van der Waals surface area (Å²) < 4.78 is 39.7. The maximum atomic E-state index is 13.7. The number of unbranched alkanes of at least 4 members (excludes halogenated alkanes) is 1. The van der Waals surface area contributed by atoms with E-state index in [1.807, 2.05) is 91.0 Å². The molecule has 4 aromatic carbocycles. The van der Waals surface area contributed by atoms with Gasteiger partial charge in [0.1, 0.15) is 11.6 Å². The minimum absolute atomic E-state index is 0.127. The fraction of sp³-hybridized carbons (Fsp3) is 0.194. The summed E-state index contributed by atoms with van der Waals surface area (Å²) in [6.07, 6.45) is 1.34. The Morgan fingerprint density at radius 2 is 1.21 bits per heavy atom. The van der Waals surface area contributed by atoms with E-state index in [0.717, 1.165) is 52.7 Å². The second-order valence-corrected chi connectivity index (χ2v) is 11.8. The molecule has 0 fully saturated rings. The number of hydrogen-bond acceptors (Lipinski definition) is 4. The van der Waals surface area contributed by atoms with Gasteiger partial charge >= 0.3 is 0 Å². The molecule has 8 heteroatoms. The third-order valence-electron chi connectivity index (χ3n) is 6.30. The number of nitrogens with zero attached hydrogens (tertiary/aromatic N) is 1. The number of hydroxylamine groups is 2. The van der Waals surface area contributed by atoms with Crippen molar-refractivity contribution in [3.8, 4) is 0 Å². The predicted molar refractivity (Wildman–Crippen MR) is 153 cm³/mol. The van der Waals surface area contributed by atoms with E-state index >= 15 is 0 Å². The Balaban J connectivity index is 1.81. The van der Waals surface area contributed by atoms with Crippen molar-refractivity contribution < 1.29 is 22.4 Å². The molecule has 0 unspecified atom stereocenters. The molecule has 0 bridgehead atoms. The quantitative estimate of drug-likeness (QED) is 0.0602. The van der Waals surface area contributed by atoms with Crippen LogP contribution in [0.1, 0.15) is 29.5 Å². The SMILES string of the molecule is O=C(CS(=O)(=O)c1ccc(F)cc1)N(CCCCBr)OC(c1ccccc1)(c1ccccc1)c1ccccc1. The third-order valence-corrected chi connectivity index (χ3v) is 8.48. The minimum atomic E-state index is -4.05. The Hall–Kier alpha value is -3.33. The number of sulfone groups is 1. The summed E-state index contributed by atoms with van der Waals surface area (Å²) in [5.41, 5.74) is 1.10. The van der Waals surface area contributed by atoms with Crippen molar-refractivity contribution in [2.24, 2.45) is 0 Å². The first-order valence-corrected chi connectivity index (χ1v) is 15.3. The molecule has 4 aromatic rings. The average Bonchev–Trinajstić information content (AvgIpc) is 2.96. The summed E-state index contributed by atoms with van der Waals surface area (Å²) in [6.45, 7) is 0.178. The van der Waals surface area contributed by atoms with Crippen molar-refractivity contribution in [2.75, 3.05) is 17.6 Å². The first-order valence-electron chi connectivity index (χ1n) is 12.6. The lowest BCUT2D eigenvalue weighted by Crippen LogP contribution is -2.45. The maximum Gasteiger partial charge on any atom is 0.261 e. The highest BCUT2D eigenvalue weighted by Gasteiger charge is 2.41. The lowest BCUT2D eigenvalue weighted by molar-refractivity contribution is -0.220. The molecular weight excluding hydrogens is 581 g/mol. The zero-order chi connectivity index (χ0) is 27.7. The number of rotatable bonds is 12. The lowest BCUT2D eigenvalue weighted by Gasteiger charge is -2.39. The summed E-state index contributed by atoms with van der Waals surface area (Å²) in [5, 5.41) is 1.90. The van der Waals surface area contributed by atoms with Gasteiger partial charge in [-0.25, -0.2) is 22.7 Å². The average molecular weight is 611 g/mol. The van der Waals surface area contributed by atoms with Crippen LogP contribution in [-0.4, -0.2) is 37.0 Å². The Labute approximate surface area is 237 Å². The molecule has 0 aliphatic heterocycles. The van der Waals surface area contributed by atoms with Gasteiger partial charge in [0.15, 0.2) is 15.4 Å². The Kier molecular flexibility index (Phi) is 9.67. The van der Waals surface area contributed by atoms with Crippen LogP contribution in [-0.2, 0) is 25.1 Å². The molecule has 0 aliphatic carbocycles. The van der Waals surface area contributed by atoms with Crippen molar-refractivity contribution in [3.05, 3.63) is 138 Å². The molecule has 202 valence electrons. The van der Waals surface area contributed by atoms with E-state index in [2.05, 4.69) is 15.9 Å². The van der Waals surface area contributed by atoms with Gasteiger partial charge in [-0.05, 0) is 53.8 Å². The van der Waals surface area contributed by atoms with E-state index in [4.69, 9.17) is 4.84 Å². The van der Waals surface area contributed by atoms with E-state index in [1.54, 1.807) is 0 Å². The molecule has 0 saturated heterocycles. The van der Waals surface area contributed by atoms with Gasteiger partial charge < -0.3 is 0 Å². The Bertz CT molecular complexity index is 1350.